The Morgan fingerprint density at radius 3 is 2.45 bits per heavy atom. The second kappa shape index (κ2) is 9.24. The van der Waals surface area contributed by atoms with E-state index < -0.39 is 17.3 Å². The molecule has 7 heteroatoms. The highest BCUT2D eigenvalue weighted by Gasteiger charge is 2.25. The van der Waals surface area contributed by atoms with E-state index in [9.17, 15) is 14.4 Å². The number of nitrogens with one attached hydrogen (secondary N) is 1. The Labute approximate surface area is 191 Å². The standard InChI is InChI=1S/C26H26N4O3/c1-4-22(24(31)28-16-19-9-7-8-14-27-19)30-23-11-6-5-10-21(23)25(32)29(26(30)33)20-13-12-17(2)18(3)15-20/h5-15,22H,4,16H2,1-3H3,(H,28,31). The molecule has 1 atom stereocenters. The van der Waals surface area contributed by atoms with E-state index in [1.54, 1.807) is 36.5 Å². The average molecular weight is 443 g/mol. The summed E-state index contributed by atoms with van der Waals surface area (Å²) in [6, 6.07) is 17.1. The summed E-state index contributed by atoms with van der Waals surface area (Å²) < 4.78 is 2.59. The zero-order valence-corrected chi connectivity index (χ0v) is 18.9. The average Bonchev–Trinajstić information content (AvgIpc) is 2.83. The topological polar surface area (TPSA) is 86.0 Å². The van der Waals surface area contributed by atoms with E-state index >= 15 is 0 Å². The number of nitrogens with zero attached hydrogens (tertiary/aromatic N) is 3. The lowest BCUT2D eigenvalue weighted by atomic mass is 10.1. The first-order valence-electron chi connectivity index (χ1n) is 10.9. The molecule has 0 saturated heterocycles. The molecule has 1 amide bonds. The molecule has 7 nitrogen and oxygen atoms in total. The van der Waals surface area contributed by atoms with Crippen LogP contribution in [0.25, 0.3) is 16.6 Å². The van der Waals surface area contributed by atoms with Gasteiger partial charge in [-0.3, -0.25) is 19.1 Å². The van der Waals surface area contributed by atoms with Gasteiger partial charge in [0, 0.05) is 6.20 Å². The van der Waals surface area contributed by atoms with Gasteiger partial charge in [-0.1, -0.05) is 31.2 Å². The van der Waals surface area contributed by atoms with Crippen LogP contribution in [0.3, 0.4) is 0 Å². The lowest BCUT2D eigenvalue weighted by Crippen LogP contribution is -2.44. The van der Waals surface area contributed by atoms with Crippen LogP contribution in [0.5, 0.6) is 0 Å². The minimum absolute atomic E-state index is 0.250. The number of hydrogen-bond donors (Lipinski definition) is 1. The fourth-order valence-electron chi connectivity index (χ4n) is 3.96. The van der Waals surface area contributed by atoms with Gasteiger partial charge in [-0.15, -0.1) is 0 Å². The lowest BCUT2D eigenvalue weighted by Gasteiger charge is -2.21. The third-order valence-electron chi connectivity index (χ3n) is 5.91. The van der Waals surface area contributed by atoms with E-state index in [1.807, 2.05) is 51.1 Å². The Bertz CT molecular complexity index is 1440. The zero-order chi connectivity index (χ0) is 23.5. The maximum absolute atomic E-state index is 13.7. The predicted molar refractivity (Wildman–Crippen MR) is 129 cm³/mol. The molecule has 0 bridgehead atoms. The number of amides is 1. The van der Waals surface area contributed by atoms with E-state index in [4.69, 9.17) is 0 Å². The van der Waals surface area contributed by atoms with Crippen molar-refractivity contribution in [2.24, 2.45) is 0 Å². The molecule has 0 saturated carbocycles. The molecule has 33 heavy (non-hydrogen) atoms. The number of para-hydroxylation sites is 1. The summed E-state index contributed by atoms with van der Waals surface area (Å²) in [5.74, 6) is -0.305. The lowest BCUT2D eigenvalue weighted by molar-refractivity contribution is -0.124. The van der Waals surface area contributed by atoms with Gasteiger partial charge in [0.2, 0.25) is 5.91 Å². The highest BCUT2D eigenvalue weighted by Crippen LogP contribution is 2.18. The molecule has 0 spiro atoms. The molecule has 2 aromatic heterocycles. The number of aryl methyl sites for hydroxylation is 2. The van der Waals surface area contributed by atoms with Crippen LogP contribution >= 0.6 is 0 Å². The van der Waals surface area contributed by atoms with E-state index in [0.717, 1.165) is 21.4 Å². The number of hydrogen-bond acceptors (Lipinski definition) is 4. The van der Waals surface area contributed by atoms with E-state index in [1.165, 1.54) is 4.57 Å². The second-order valence-electron chi connectivity index (χ2n) is 8.04. The Kier molecular flexibility index (Phi) is 6.22. The molecule has 2 aromatic carbocycles. The molecule has 168 valence electrons. The molecular formula is C26H26N4O3. The summed E-state index contributed by atoms with van der Waals surface area (Å²) in [4.78, 5) is 44.5. The first-order chi connectivity index (χ1) is 15.9. The number of benzene rings is 2. The first-order valence-corrected chi connectivity index (χ1v) is 10.9. The van der Waals surface area contributed by atoms with Gasteiger partial charge in [0.15, 0.2) is 0 Å². The van der Waals surface area contributed by atoms with E-state index in [2.05, 4.69) is 10.3 Å². The molecule has 1 N–H and O–H groups in total. The van der Waals surface area contributed by atoms with Crippen molar-refractivity contribution >= 4 is 16.8 Å². The van der Waals surface area contributed by atoms with Gasteiger partial charge in [0.1, 0.15) is 6.04 Å². The highest BCUT2D eigenvalue weighted by atomic mass is 16.2. The maximum Gasteiger partial charge on any atom is 0.336 e. The van der Waals surface area contributed by atoms with Crippen LogP contribution in [0.15, 0.2) is 76.4 Å². The Balaban J connectivity index is 1.86. The number of rotatable bonds is 6. The summed E-state index contributed by atoms with van der Waals surface area (Å²) >= 11 is 0. The molecule has 0 aliphatic carbocycles. The van der Waals surface area contributed by atoms with Crippen LogP contribution in [0.2, 0.25) is 0 Å². The van der Waals surface area contributed by atoms with Gasteiger partial charge in [-0.25, -0.2) is 9.36 Å². The molecule has 0 aliphatic rings. The molecule has 2 heterocycles. The third-order valence-corrected chi connectivity index (χ3v) is 5.91. The molecule has 1 unspecified atom stereocenters. The van der Waals surface area contributed by atoms with Crippen molar-refractivity contribution in [3.8, 4) is 5.69 Å². The molecular weight excluding hydrogens is 416 g/mol. The largest absolute Gasteiger partial charge is 0.349 e. The third kappa shape index (κ3) is 4.22. The van der Waals surface area contributed by atoms with Crippen molar-refractivity contribution in [1.82, 2.24) is 19.4 Å². The van der Waals surface area contributed by atoms with Crippen molar-refractivity contribution in [3.05, 3.63) is 105 Å². The number of aromatic nitrogens is 3. The van der Waals surface area contributed by atoms with Crippen molar-refractivity contribution < 1.29 is 4.79 Å². The van der Waals surface area contributed by atoms with Crippen molar-refractivity contribution in [2.75, 3.05) is 0 Å². The first kappa shape index (κ1) is 22.2. The summed E-state index contributed by atoms with van der Waals surface area (Å²) in [5, 5.41) is 3.26. The quantitative estimate of drug-likeness (QED) is 0.496. The SMILES string of the molecule is CCC(C(=O)NCc1ccccn1)n1c(=O)n(-c2ccc(C)c(C)c2)c(=O)c2ccccc21. The van der Waals surface area contributed by atoms with Crippen LogP contribution in [0.4, 0.5) is 0 Å². The van der Waals surface area contributed by atoms with Gasteiger partial charge >= 0.3 is 5.69 Å². The maximum atomic E-state index is 13.7. The fourth-order valence-corrected chi connectivity index (χ4v) is 3.96. The molecule has 4 aromatic rings. The van der Waals surface area contributed by atoms with E-state index in [-0.39, 0.29) is 12.5 Å². The van der Waals surface area contributed by atoms with Crippen LogP contribution in [0.1, 0.15) is 36.2 Å². The number of carbonyl (C=O) groups excluding carboxylic acids is 1. The Hall–Kier alpha value is -4.00. The van der Waals surface area contributed by atoms with Crippen molar-refractivity contribution in [1.29, 1.82) is 0 Å². The van der Waals surface area contributed by atoms with Crippen LogP contribution in [0, 0.1) is 13.8 Å². The van der Waals surface area contributed by atoms with Crippen LogP contribution in [-0.2, 0) is 11.3 Å². The second-order valence-corrected chi connectivity index (χ2v) is 8.04. The molecule has 0 aliphatic heterocycles. The number of carbonyl (C=O) groups is 1. The Morgan fingerprint density at radius 1 is 1.00 bits per heavy atom. The van der Waals surface area contributed by atoms with Gasteiger partial charge in [0.25, 0.3) is 5.56 Å². The highest BCUT2D eigenvalue weighted by molar-refractivity contribution is 5.84. The minimum Gasteiger partial charge on any atom is -0.349 e. The predicted octanol–water partition coefficient (Wildman–Crippen LogP) is 3.43. The summed E-state index contributed by atoms with van der Waals surface area (Å²) in [6.45, 7) is 6.00. The normalized spacial score (nSPS) is 12.0. The van der Waals surface area contributed by atoms with E-state index in [0.29, 0.717) is 23.0 Å². The van der Waals surface area contributed by atoms with Gasteiger partial charge in [-0.05, 0) is 67.8 Å². The molecule has 0 fully saturated rings. The molecule has 4 rings (SSSR count). The number of pyridine rings is 1. The van der Waals surface area contributed by atoms with Crippen LogP contribution < -0.4 is 16.6 Å². The van der Waals surface area contributed by atoms with Gasteiger partial charge in [0.05, 0.1) is 28.8 Å². The minimum atomic E-state index is -0.787. The van der Waals surface area contributed by atoms with Crippen molar-refractivity contribution in [2.45, 2.75) is 39.8 Å². The zero-order valence-electron chi connectivity index (χ0n) is 18.9. The fraction of sp³-hybridized carbons (Fsp3) is 0.231. The number of fused-ring (bicyclic) bond motifs is 1. The van der Waals surface area contributed by atoms with Gasteiger partial charge < -0.3 is 5.32 Å². The smallest absolute Gasteiger partial charge is 0.336 e. The van der Waals surface area contributed by atoms with Crippen molar-refractivity contribution in [3.63, 3.8) is 0 Å². The monoisotopic (exact) mass is 442 g/mol. The molecule has 0 radical (unpaired) electrons. The summed E-state index contributed by atoms with van der Waals surface area (Å²) in [6.07, 6.45) is 2.04. The Morgan fingerprint density at radius 2 is 1.76 bits per heavy atom. The van der Waals surface area contributed by atoms with Crippen LogP contribution in [-0.4, -0.2) is 20.0 Å². The van der Waals surface area contributed by atoms with Gasteiger partial charge in [-0.2, -0.15) is 0 Å². The summed E-state index contributed by atoms with van der Waals surface area (Å²) in [5.41, 5.74) is 2.73. The summed E-state index contributed by atoms with van der Waals surface area (Å²) in [7, 11) is 0.